The molecule has 264 valence electrons. The Kier molecular flexibility index (Phi) is 7.44. The fourth-order valence-corrected chi connectivity index (χ4v) is 9.76. The average molecular weight is 709 g/mol. The maximum atomic E-state index is 2.70. The van der Waals surface area contributed by atoms with Gasteiger partial charge in [-0.1, -0.05) is 129 Å². The van der Waals surface area contributed by atoms with Gasteiger partial charge in [0.25, 0.3) is 0 Å². The van der Waals surface area contributed by atoms with E-state index in [-0.39, 0.29) is 23.1 Å². The van der Waals surface area contributed by atoms with Gasteiger partial charge in [0.15, 0.2) is 0 Å². The molecule has 2 aliphatic heterocycles. The standard InChI is InChI=1S/C49H49BN2S/c1-30-27-38-36-24-26-43-44(37-13-11-12-14-42(37)53-43)46(36)52(35-22-17-32(18-23-35)48(5,6)7)50-39-29-33(49(8,9)10)19-25-40(39)51(41(28-30)45(38)50)34-20-15-31(16-21-34)47(2,3)4/h11-29H,1-10H3. The number of hydrogen-bond acceptors (Lipinski definition) is 3. The third kappa shape index (κ3) is 5.36. The highest BCUT2D eigenvalue weighted by Crippen LogP contribution is 2.52. The molecular formula is C49H49BN2S. The third-order valence-corrected chi connectivity index (χ3v) is 12.7. The minimum atomic E-state index is -0.0275. The lowest BCUT2D eigenvalue weighted by Gasteiger charge is -2.46. The van der Waals surface area contributed by atoms with Crippen LogP contribution in [0.1, 0.15) is 84.6 Å². The van der Waals surface area contributed by atoms with Gasteiger partial charge in [-0.25, -0.2) is 0 Å². The zero-order chi connectivity index (χ0) is 37.2. The van der Waals surface area contributed by atoms with Gasteiger partial charge in [0.1, 0.15) is 0 Å². The van der Waals surface area contributed by atoms with Gasteiger partial charge in [0, 0.05) is 54.2 Å². The Balaban J connectivity index is 1.41. The van der Waals surface area contributed by atoms with Crippen LogP contribution in [0.25, 0.3) is 31.3 Å². The van der Waals surface area contributed by atoms with Crippen molar-refractivity contribution in [3.63, 3.8) is 0 Å². The lowest BCUT2D eigenvalue weighted by Crippen LogP contribution is -2.61. The predicted molar refractivity (Wildman–Crippen MR) is 234 cm³/mol. The molecule has 0 aliphatic carbocycles. The minimum absolute atomic E-state index is 0.00676. The molecule has 0 unspecified atom stereocenters. The van der Waals surface area contributed by atoms with Crippen molar-refractivity contribution in [2.45, 2.75) is 85.5 Å². The topological polar surface area (TPSA) is 6.48 Å². The van der Waals surface area contributed by atoms with Crippen LogP contribution >= 0.6 is 11.3 Å². The van der Waals surface area contributed by atoms with E-state index in [2.05, 4.69) is 194 Å². The third-order valence-electron chi connectivity index (χ3n) is 11.6. The van der Waals surface area contributed by atoms with Crippen molar-refractivity contribution in [1.82, 2.24) is 0 Å². The maximum Gasteiger partial charge on any atom is 0.333 e. The molecule has 2 nitrogen and oxygen atoms in total. The number of nitrogens with zero attached hydrogens (tertiary/aromatic N) is 2. The Bertz CT molecular complexity index is 2570. The molecule has 53 heavy (non-hydrogen) atoms. The molecule has 2 aliphatic rings. The van der Waals surface area contributed by atoms with Crippen LogP contribution in [0.3, 0.4) is 0 Å². The van der Waals surface area contributed by atoms with Crippen LogP contribution in [0, 0.1) is 6.92 Å². The summed E-state index contributed by atoms with van der Waals surface area (Å²) in [5, 5.41) is 2.68. The monoisotopic (exact) mass is 708 g/mol. The molecule has 0 atom stereocenters. The second-order valence-electron chi connectivity index (χ2n) is 18.4. The Morgan fingerprint density at radius 3 is 1.77 bits per heavy atom. The molecule has 4 heteroatoms. The summed E-state index contributed by atoms with van der Waals surface area (Å²) in [6, 6.07) is 44.7. The van der Waals surface area contributed by atoms with Crippen molar-refractivity contribution in [2.24, 2.45) is 0 Å². The lowest BCUT2D eigenvalue weighted by molar-refractivity contribution is 0.590. The highest BCUT2D eigenvalue weighted by atomic mass is 32.1. The number of hydrogen-bond donors (Lipinski definition) is 0. The number of thiophene rings is 1. The molecule has 0 saturated carbocycles. The van der Waals surface area contributed by atoms with E-state index >= 15 is 0 Å². The van der Waals surface area contributed by atoms with Crippen LogP contribution in [0.2, 0.25) is 0 Å². The summed E-state index contributed by atoms with van der Waals surface area (Å²) in [5.74, 6) is 0. The molecule has 0 amide bonds. The van der Waals surface area contributed by atoms with Crippen LogP contribution in [-0.2, 0) is 16.2 Å². The first-order valence-electron chi connectivity index (χ1n) is 19.1. The van der Waals surface area contributed by atoms with Gasteiger partial charge in [-0.2, -0.15) is 0 Å². The van der Waals surface area contributed by atoms with Crippen molar-refractivity contribution in [3.8, 4) is 11.1 Å². The molecule has 1 aromatic heterocycles. The highest BCUT2D eigenvalue weighted by molar-refractivity contribution is 7.26. The predicted octanol–water partition coefficient (Wildman–Crippen LogP) is 13.0. The molecule has 0 saturated heterocycles. The van der Waals surface area contributed by atoms with Crippen molar-refractivity contribution in [3.05, 3.63) is 138 Å². The second kappa shape index (κ2) is 11.6. The normalized spacial score (nSPS) is 14.1. The molecule has 3 heterocycles. The van der Waals surface area contributed by atoms with Gasteiger partial charge in [-0.05, 0) is 110 Å². The SMILES string of the molecule is Cc1cc2c3c(c1)N(c1ccc(C(C)(C)C)cc1)c1ccc(C(C)(C)C)cc1B3N(c1ccc(C(C)(C)C)cc1)c1c-2ccc2sc3ccccc3c12. The Hall–Kier alpha value is -4.80. The van der Waals surface area contributed by atoms with E-state index in [1.165, 1.54) is 92.9 Å². The molecule has 0 N–H and O–H groups in total. The average Bonchev–Trinajstić information content (AvgIpc) is 3.49. The van der Waals surface area contributed by atoms with Crippen molar-refractivity contribution in [2.75, 3.05) is 9.71 Å². The fraction of sp³-hybridized carbons (Fsp3) is 0.265. The van der Waals surface area contributed by atoms with Gasteiger partial charge >= 0.3 is 6.85 Å². The van der Waals surface area contributed by atoms with E-state index in [4.69, 9.17) is 0 Å². The summed E-state index contributed by atoms with van der Waals surface area (Å²) in [6.07, 6.45) is 0. The minimum Gasteiger partial charge on any atom is -0.376 e. The van der Waals surface area contributed by atoms with Crippen molar-refractivity contribution >= 4 is 77.7 Å². The lowest BCUT2D eigenvalue weighted by atomic mass is 9.43. The Labute approximate surface area is 320 Å². The highest BCUT2D eigenvalue weighted by Gasteiger charge is 2.46. The first-order valence-corrected chi connectivity index (χ1v) is 20.0. The summed E-state index contributed by atoms with van der Waals surface area (Å²) in [5.41, 5.74) is 17.0. The van der Waals surface area contributed by atoms with Crippen LogP contribution in [0.5, 0.6) is 0 Å². The van der Waals surface area contributed by atoms with Crippen LogP contribution < -0.4 is 20.6 Å². The Morgan fingerprint density at radius 2 is 1.13 bits per heavy atom. The molecule has 0 radical (unpaired) electrons. The summed E-state index contributed by atoms with van der Waals surface area (Å²) in [6.45, 7) is 23.0. The molecule has 6 aromatic carbocycles. The molecule has 7 aromatic rings. The Morgan fingerprint density at radius 1 is 0.528 bits per heavy atom. The van der Waals surface area contributed by atoms with Gasteiger partial charge in [0.05, 0.1) is 0 Å². The zero-order valence-electron chi connectivity index (χ0n) is 32.8. The van der Waals surface area contributed by atoms with Crippen LogP contribution in [0.4, 0.5) is 28.4 Å². The largest absolute Gasteiger partial charge is 0.376 e. The van der Waals surface area contributed by atoms with Crippen LogP contribution in [0.15, 0.2) is 115 Å². The van der Waals surface area contributed by atoms with E-state index in [0.717, 1.165) is 0 Å². The first-order chi connectivity index (χ1) is 25.1. The van der Waals surface area contributed by atoms with Crippen molar-refractivity contribution < 1.29 is 0 Å². The summed E-state index contributed by atoms with van der Waals surface area (Å²) in [7, 11) is 0. The van der Waals surface area contributed by atoms with Crippen LogP contribution in [-0.4, -0.2) is 6.85 Å². The van der Waals surface area contributed by atoms with E-state index in [0.29, 0.717) is 0 Å². The molecule has 0 bridgehead atoms. The van der Waals surface area contributed by atoms with E-state index in [9.17, 15) is 0 Å². The van der Waals surface area contributed by atoms with Crippen molar-refractivity contribution in [1.29, 1.82) is 0 Å². The maximum absolute atomic E-state index is 2.70. The number of anilines is 5. The fourth-order valence-electron chi connectivity index (χ4n) is 8.65. The number of fused-ring (bicyclic) bond motifs is 8. The van der Waals surface area contributed by atoms with Gasteiger partial charge in [-0.15, -0.1) is 11.3 Å². The van der Waals surface area contributed by atoms with E-state index in [1.54, 1.807) is 0 Å². The molecule has 0 fully saturated rings. The zero-order valence-corrected chi connectivity index (χ0v) is 33.7. The number of rotatable bonds is 2. The number of benzene rings is 6. The van der Waals surface area contributed by atoms with Gasteiger partial charge < -0.3 is 9.71 Å². The van der Waals surface area contributed by atoms with E-state index < -0.39 is 0 Å². The quantitative estimate of drug-likeness (QED) is 0.165. The molecule has 0 spiro atoms. The van der Waals surface area contributed by atoms with Gasteiger partial charge in [0.2, 0.25) is 0 Å². The second-order valence-corrected chi connectivity index (χ2v) is 19.5. The first kappa shape index (κ1) is 34.0. The summed E-state index contributed by atoms with van der Waals surface area (Å²) in [4.78, 5) is 5.25. The van der Waals surface area contributed by atoms with E-state index in [1.807, 2.05) is 11.3 Å². The molecular weight excluding hydrogens is 659 g/mol. The summed E-state index contributed by atoms with van der Waals surface area (Å²) < 4.78 is 2.66. The smallest absolute Gasteiger partial charge is 0.333 e. The molecule has 9 rings (SSSR count). The van der Waals surface area contributed by atoms with Gasteiger partial charge in [-0.3, -0.25) is 0 Å². The summed E-state index contributed by atoms with van der Waals surface area (Å²) >= 11 is 1.90. The number of aryl methyl sites for hydroxylation is 1.